The van der Waals surface area contributed by atoms with Crippen molar-refractivity contribution in [1.29, 1.82) is 0 Å². The molecule has 0 saturated carbocycles. The zero-order chi connectivity index (χ0) is 13.9. The number of unbranched alkanes of at least 4 members (excludes halogenated alkanes) is 4. The predicted octanol–water partition coefficient (Wildman–Crippen LogP) is 0.645. The Bertz CT molecular complexity index is 105. The molecule has 5 heteroatoms. The molecule has 0 atom stereocenters. The Labute approximate surface area is 170 Å². The van der Waals surface area contributed by atoms with Gasteiger partial charge in [0.15, 0.2) is 0 Å². The van der Waals surface area contributed by atoms with Crippen molar-refractivity contribution in [1.82, 2.24) is 0 Å². The van der Waals surface area contributed by atoms with Crippen molar-refractivity contribution in [3.05, 3.63) is 0 Å². The van der Waals surface area contributed by atoms with Crippen LogP contribution in [0.15, 0.2) is 0 Å². The van der Waals surface area contributed by atoms with E-state index >= 15 is 0 Å². The molecule has 0 N–H and O–H groups in total. The first-order valence-electron chi connectivity index (χ1n) is 7.98. The zero-order valence-corrected chi connectivity index (χ0v) is 19.1. The fourth-order valence-corrected chi connectivity index (χ4v) is 3.57. The molecule has 0 aliphatic rings. The third kappa shape index (κ3) is 44.9. The van der Waals surface area contributed by atoms with Crippen molar-refractivity contribution in [3.63, 3.8) is 0 Å². The summed E-state index contributed by atoms with van der Waals surface area (Å²) >= 11 is 4.20. The molecule has 0 aliphatic carbocycles. The van der Waals surface area contributed by atoms with Crippen molar-refractivity contribution >= 4 is 23.5 Å². The van der Waals surface area contributed by atoms with Gasteiger partial charge in [0, 0.05) is 20.4 Å². The van der Waals surface area contributed by atoms with Crippen LogP contribution in [0, 0.1) is 0 Å². The van der Waals surface area contributed by atoms with Crippen molar-refractivity contribution < 1.29 is 45.2 Å². The van der Waals surface area contributed by atoms with Gasteiger partial charge in [0.2, 0.25) is 0 Å². The summed E-state index contributed by atoms with van der Waals surface area (Å²) in [4.78, 5) is 0. The van der Waals surface area contributed by atoms with Crippen LogP contribution in [0.2, 0.25) is 0 Å². The fraction of sp³-hybridized carbons (Fsp3) is 1.00. The van der Waals surface area contributed by atoms with E-state index in [9.17, 15) is 0 Å². The quantitative estimate of drug-likeness (QED) is 0.304. The van der Waals surface area contributed by atoms with Crippen LogP contribution < -0.4 is 24.8 Å². The molecule has 0 aliphatic heterocycles. The number of halogens is 2. The molecule has 0 aromatic heterocycles. The van der Waals surface area contributed by atoms with Crippen LogP contribution in [-0.2, 0) is 20.4 Å². The summed E-state index contributed by atoms with van der Waals surface area (Å²) in [6.07, 6.45) is 11.0. The van der Waals surface area contributed by atoms with Crippen LogP contribution in [0.25, 0.3) is 0 Å². The molecule has 21 heavy (non-hydrogen) atoms. The van der Waals surface area contributed by atoms with Gasteiger partial charge in [0.05, 0.1) is 0 Å². The summed E-state index contributed by atoms with van der Waals surface area (Å²) < 4.78 is 0. The van der Waals surface area contributed by atoms with E-state index in [0.717, 1.165) is 0 Å². The summed E-state index contributed by atoms with van der Waals surface area (Å²) in [6.45, 7) is 9.00. The van der Waals surface area contributed by atoms with Crippen LogP contribution in [0.4, 0.5) is 0 Å². The summed E-state index contributed by atoms with van der Waals surface area (Å²) in [5, 5.41) is 0. The third-order valence-electron chi connectivity index (χ3n) is 2.57. The Hall–Kier alpha value is 1.94. The van der Waals surface area contributed by atoms with E-state index in [4.69, 9.17) is 0 Å². The zero-order valence-electron chi connectivity index (χ0n) is 14.4. The number of thioether (sulfide) groups is 2. The average molecular weight is 470 g/mol. The Morgan fingerprint density at radius 2 is 0.667 bits per heavy atom. The van der Waals surface area contributed by atoms with E-state index in [1.54, 1.807) is 0 Å². The minimum absolute atomic E-state index is 0. The van der Waals surface area contributed by atoms with Gasteiger partial charge < -0.3 is 24.8 Å². The molecule has 0 aromatic rings. The maximum absolute atomic E-state index is 2.25. The van der Waals surface area contributed by atoms with Gasteiger partial charge >= 0.3 is 0 Å². The second kappa shape index (κ2) is 37.9. The van der Waals surface area contributed by atoms with Crippen molar-refractivity contribution in [2.75, 3.05) is 23.0 Å². The van der Waals surface area contributed by atoms with Gasteiger partial charge in [-0.2, -0.15) is 23.5 Å². The molecule has 0 spiro atoms. The van der Waals surface area contributed by atoms with E-state index in [2.05, 4.69) is 51.2 Å². The first-order chi connectivity index (χ1) is 8.83. The molecular formula is C16H36Cl2PdS2-2. The van der Waals surface area contributed by atoms with Gasteiger partial charge in [0.25, 0.3) is 0 Å². The molecule has 0 rings (SSSR count). The second-order valence-electron chi connectivity index (χ2n) is 4.64. The maximum Gasteiger partial charge on any atom is 0 e. The van der Waals surface area contributed by atoms with E-state index in [0.29, 0.717) is 0 Å². The molecule has 0 bridgehead atoms. The van der Waals surface area contributed by atoms with Crippen molar-refractivity contribution in [3.8, 4) is 0 Å². The minimum Gasteiger partial charge on any atom is -1.00 e. The van der Waals surface area contributed by atoms with Crippen molar-refractivity contribution in [2.24, 2.45) is 0 Å². The molecule has 0 saturated heterocycles. The summed E-state index contributed by atoms with van der Waals surface area (Å²) in [5.74, 6) is 5.49. The van der Waals surface area contributed by atoms with E-state index in [1.807, 2.05) is 0 Å². The first kappa shape index (κ1) is 34.3. The smallest absolute Gasteiger partial charge is 0 e. The number of hydrogen-bond acceptors (Lipinski definition) is 2. The Kier molecular flexibility index (Phi) is 61.9. The number of hydrogen-bond donors (Lipinski definition) is 0. The van der Waals surface area contributed by atoms with Crippen LogP contribution in [0.5, 0.6) is 0 Å². The normalized spacial score (nSPS) is 8.57. The monoisotopic (exact) mass is 468 g/mol. The van der Waals surface area contributed by atoms with Gasteiger partial charge in [-0.15, -0.1) is 0 Å². The Balaban J connectivity index is -0.0000000711. The predicted molar refractivity (Wildman–Crippen MR) is 94.3 cm³/mol. The Morgan fingerprint density at radius 3 is 0.810 bits per heavy atom. The van der Waals surface area contributed by atoms with E-state index in [-0.39, 0.29) is 45.2 Å². The van der Waals surface area contributed by atoms with Crippen LogP contribution in [0.1, 0.15) is 79.1 Å². The molecule has 0 aromatic carbocycles. The summed E-state index contributed by atoms with van der Waals surface area (Å²) in [5.41, 5.74) is 0. The van der Waals surface area contributed by atoms with Crippen LogP contribution in [-0.4, -0.2) is 23.0 Å². The van der Waals surface area contributed by atoms with Gasteiger partial charge in [-0.1, -0.05) is 53.4 Å². The number of rotatable bonds is 12. The van der Waals surface area contributed by atoms with Crippen LogP contribution in [0.3, 0.4) is 0 Å². The summed E-state index contributed by atoms with van der Waals surface area (Å²) in [7, 11) is 0. The standard InChI is InChI=1S/2C8H18S.2ClH.Pd/c2*1-3-5-7-9-8-6-4-2;;;/h2*3-8H2,1-2H3;2*1H;/p-2. The summed E-state index contributed by atoms with van der Waals surface area (Å²) in [6, 6.07) is 0. The molecule has 138 valence electrons. The molecule has 0 radical (unpaired) electrons. The Morgan fingerprint density at radius 1 is 0.476 bits per heavy atom. The van der Waals surface area contributed by atoms with Gasteiger partial charge in [-0.05, 0) is 48.7 Å². The SMILES string of the molecule is CCCCSCCCC.CCCCSCCCC.[Cl-].[Cl-].[Pd]. The largest absolute Gasteiger partial charge is 1.00 e. The van der Waals surface area contributed by atoms with E-state index in [1.165, 1.54) is 74.4 Å². The van der Waals surface area contributed by atoms with Gasteiger partial charge in [-0.3, -0.25) is 0 Å². The van der Waals surface area contributed by atoms with Gasteiger partial charge in [-0.25, -0.2) is 0 Å². The molecule has 0 amide bonds. The second-order valence-corrected chi connectivity index (χ2v) is 7.09. The molecule has 0 fully saturated rings. The molecular weight excluding hydrogens is 434 g/mol. The molecule has 0 heterocycles. The molecule has 0 unspecified atom stereocenters. The van der Waals surface area contributed by atoms with Gasteiger partial charge in [0.1, 0.15) is 0 Å². The molecule has 0 nitrogen and oxygen atoms in total. The first-order valence-corrected chi connectivity index (χ1v) is 10.3. The van der Waals surface area contributed by atoms with Crippen LogP contribution >= 0.6 is 23.5 Å². The topological polar surface area (TPSA) is 0 Å². The van der Waals surface area contributed by atoms with Crippen molar-refractivity contribution in [2.45, 2.75) is 79.1 Å². The maximum atomic E-state index is 2.25. The third-order valence-corrected chi connectivity index (χ3v) is 4.88. The minimum atomic E-state index is 0. The average Bonchev–Trinajstić information content (AvgIpc) is 2.39. The van der Waals surface area contributed by atoms with E-state index < -0.39 is 0 Å². The fourth-order valence-electron chi connectivity index (χ4n) is 1.19.